The fourth-order valence-corrected chi connectivity index (χ4v) is 6.73. The zero-order valence-corrected chi connectivity index (χ0v) is 22.8. The van der Waals surface area contributed by atoms with Gasteiger partial charge in [0.05, 0.1) is 18.0 Å². The van der Waals surface area contributed by atoms with Crippen molar-refractivity contribution >= 4 is 15.9 Å². The van der Waals surface area contributed by atoms with Crippen LogP contribution in [0.2, 0.25) is 0 Å². The van der Waals surface area contributed by atoms with Crippen molar-refractivity contribution in [2.75, 3.05) is 13.1 Å². The SMILES string of the molecule is CC(C)CN(CC(=O)N(Cc1cccn1Cc1ccccc1)C1CCCCC1)S(=O)(=O)c1ccccc1. The van der Waals surface area contributed by atoms with Crippen molar-refractivity contribution in [2.24, 2.45) is 5.92 Å². The van der Waals surface area contributed by atoms with Crippen LogP contribution >= 0.6 is 0 Å². The molecule has 1 aliphatic rings. The first-order chi connectivity index (χ1) is 17.8. The fraction of sp³-hybridized carbons (Fsp3) is 0.433. The molecule has 0 N–H and O–H groups in total. The first kappa shape index (κ1) is 27.1. The van der Waals surface area contributed by atoms with E-state index in [-0.39, 0.29) is 29.3 Å². The van der Waals surface area contributed by atoms with E-state index in [4.69, 9.17) is 0 Å². The number of carbonyl (C=O) groups excluding carboxylic acids is 1. The van der Waals surface area contributed by atoms with Gasteiger partial charge < -0.3 is 9.47 Å². The first-order valence-corrected chi connectivity index (χ1v) is 14.8. The molecule has 0 saturated heterocycles. The van der Waals surface area contributed by atoms with E-state index in [9.17, 15) is 13.2 Å². The van der Waals surface area contributed by atoms with E-state index in [2.05, 4.69) is 29.0 Å². The molecule has 7 heteroatoms. The third-order valence-electron chi connectivity index (χ3n) is 7.05. The molecule has 4 rings (SSSR count). The van der Waals surface area contributed by atoms with E-state index < -0.39 is 10.0 Å². The van der Waals surface area contributed by atoms with Crippen molar-refractivity contribution in [3.63, 3.8) is 0 Å². The molecule has 1 saturated carbocycles. The van der Waals surface area contributed by atoms with Crippen LogP contribution in [0.25, 0.3) is 0 Å². The molecule has 198 valence electrons. The highest BCUT2D eigenvalue weighted by Gasteiger charge is 2.32. The molecule has 1 aromatic heterocycles. The lowest BCUT2D eigenvalue weighted by Gasteiger charge is -2.36. The van der Waals surface area contributed by atoms with Crippen LogP contribution in [0.4, 0.5) is 0 Å². The number of benzene rings is 2. The Hall–Kier alpha value is -2.90. The van der Waals surface area contributed by atoms with Crippen LogP contribution in [0.15, 0.2) is 83.9 Å². The van der Waals surface area contributed by atoms with Gasteiger partial charge in [-0.3, -0.25) is 4.79 Å². The Labute approximate surface area is 222 Å². The van der Waals surface area contributed by atoms with Gasteiger partial charge in [0, 0.05) is 31.0 Å². The molecule has 1 amide bonds. The van der Waals surface area contributed by atoms with Gasteiger partial charge in [-0.05, 0) is 48.6 Å². The van der Waals surface area contributed by atoms with E-state index >= 15 is 0 Å². The van der Waals surface area contributed by atoms with Crippen LogP contribution in [0.5, 0.6) is 0 Å². The van der Waals surface area contributed by atoms with Gasteiger partial charge in [-0.15, -0.1) is 0 Å². The van der Waals surface area contributed by atoms with E-state index in [1.807, 2.05) is 43.0 Å². The van der Waals surface area contributed by atoms with Gasteiger partial charge in [-0.25, -0.2) is 8.42 Å². The quantitative estimate of drug-likeness (QED) is 0.333. The van der Waals surface area contributed by atoms with Crippen LogP contribution in [0.3, 0.4) is 0 Å². The van der Waals surface area contributed by atoms with E-state index in [1.54, 1.807) is 30.3 Å². The van der Waals surface area contributed by atoms with Crippen molar-refractivity contribution in [1.82, 2.24) is 13.8 Å². The summed E-state index contributed by atoms with van der Waals surface area (Å²) in [4.78, 5) is 16.1. The van der Waals surface area contributed by atoms with Crippen LogP contribution in [-0.4, -0.2) is 47.2 Å². The number of sulfonamides is 1. The Balaban J connectivity index is 1.58. The molecule has 0 unspecified atom stereocenters. The summed E-state index contributed by atoms with van der Waals surface area (Å²) in [6, 6.07) is 22.9. The highest BCUT2D eigenvalue weighted by Crippen LogP contribution is 2.26. The van der Waals surface area contributed by atoms with Crippen molar-refractivity contribution in [2.45, 2.75) is 70.0 Å². The molecule has 1 heterocycles. The number of nitrogens with zero attached hydrogens (tertiary/aromatic N) is 3. The van der Waals surface area contributed by atoms with Gasteiger partial charge in [0.1, 0.15) is 0 Å². The standard InChI is InChI=1S/C30H39N3O3S/c1-25(2)21-32(37(35,36)29-18-10-5-11-19-29)24-30(34)33(27-15-8-4-9-16-27)23-28-17-12-20-31(28)22-26-13-6-3-7-14-26/h3,5-7,10-14,17-20,25,27H,4,8-9,15-16,21-24H2,1-2H3. The van der Waals surface area contributed by atoms with E-state index in [1.165, 1.54) is 16.3 Å². The Morgan fingerprint density at radius 1 is 0.919 bits per heavy atom. The molecule has 0 bridgehead atoms. The number of rotatable bonds is 11. The summed E-state index contributed by atoms with van der Waals surface area (Å²) in [5.74, 6) is -0.0305. The predicted octanol–water partition coefficient (Wildman–Crippen LogP) is 5.54. The first-order valence-electron chi connectivity index (χ1n) is 13.4. The third-order valence-corrected chi connectivity index (χ3v) is 8.87. The summed E-state index contributed by atoms with van der Waals surface area (Å²) in [7, 11) is -3.79. The summed E-state index contributed by atoms with van der Waals surface area (Å²) in [5, 5.41) is 0. The van der Waals surface area contributed by atoms with Crippen molar-refractivity contribution in [1.29, 1.82) is 0 Å². The zero-order chi connectivity index (χ0) is 26.3. The number of carbonyl (C=O) groups is 1. The lowest BCUT2D eigenvalue weighted by molar-refractivity contribution is -0.135. The lowest BCUT2D eigenvalue weighted by atomic mass is 9.94. The summed E-state index contributed by atoms with van der Waals surface area (Å²) < 4.78 is 30.6. The minimum atomic E-state index is -3.79. The predicted molar refractivity (Wildman–Crippen MR) is 147 cm³/mol. The molecule has 3 aromatic rings. The number of hydrogen-bond acceptors (Lipinski definition) is 3. The van der Waals surface area contributed by atoms with E-state index in [0.717, 1.165) is 37.9 Å². The lowest BCUT2D eigenvalue weighted by Crippen LogP contribution is -2.48. The summed E-state index contributed by atoms with van der Waals surface area (Å²) >= 11 is 0. The molecule has 1 aliphatic carbocycles. The maximum atomic E-state index is 13.9. The summed E-state index contributed by atoms with van der Waals surface area (Å²) in [6.45, 7) is 5.32. The average Bonchev–Trinajstić information content (AvgIpc) is 3.34. The van der Waals surface area contributed by atoms with Crippen LogP contribution in [0.1, 0.15) is 57.2 Å². The average molecular weight is 522 g/mol. The molecule has 0 spiro atoms. The van der Waals surface area contributed by atoms with Gasteiger partial charge in [0.15, 0.2) is 0 Å². The summed E-state index contributed by atoms with van der Waals surface area (Å²) in [6.07, 6.45) is 7.35. The second-order valence-electron chi connectivity index (χ2n) is 10.4. The van der Waals surface area contributed by atoms with Gasteiger partial charge in [0.25, 0.3) is 0 Å². The monoisotopic (exact) mass is 521 g/mol. The largest absolute Gasteiger partial charge is 0.345 e. The van der Waals surface area contributed by atoms with Crippen molar-refractivity contribution < 1.29 is 13.2 Å². The van der Waals surface area contributed by atoms with Gasteiger partial charge in [0.2, 0.25) is 15.9 Å². The van der Waals surface area contributed by atoms with Gasteiger partial charge in [-0.2, -0.15) is 4.31 Å². The highest BCUT2D eigenvalue weighted by atomic mass is 32.2. The normalized spacial score (nSPS) is 14.8. The zero-order valence-electron chi connectivity index (χ0n) is 22.0. The number of aromatic nitrogens is 1. The molecule has 2 aromatic carbocycles. The van der Waals surface area contributed by atoms with Gasteiger partial charge >= 0.3 is 0 Å². The molecular formula is C30H39N3O3S. The van der Waals surface area contributed by atoms with Crippen LogP contribution in [-0.2, 0) is 27.9 Å². The Kier molecular flexibility index (Phi) is 9.22. The Morgan fingerprint density at radius 3 is 2.22 bits per heavy atom. The van der Waals surface area contributed by atoms with Gasteiger partial charge in [-0.1, -0.05) is 81.6 Å². The molecule has 0 radical (unpaired) electrons. The Morgan fingerprint density at radius 2 is 1.57 bits per heavy atom. The second-order valence-corrected chi connectivity index (χ2v) is 12.4. The molecule has 37 heavy (non-hydrogen) atoms. The minimum absolute atomic E-state index is 0.0949. The minimum Gasteiger partial charge on any atom is -0.345 e. The number of amides is 1. The van der Waals surface area contributed by atoms with Crippen molar-refractivity contribution in [3.8, 4) is 0 Å². The summed E-state index contributed by atoms with van der Waals surface area (Å²) in [5.41, 5.74) is 2.26. The third kappa shape index (κ3) is 7.11. The highest BCUT2D eigenvalue weighted by molar-refractivity contribution is 7.89. The molecule has 0 atom stereocenters. The van der Waals surface area contributed by atoms with Crippen LogP contribution in [0, 0.1) is 5.92 Å². The number of hydrogen-bond donors (Lipinski definition) is 0. The maximum Gasteiger partial charge on any atom is 0.243 e. The van der Waals surface area contributed by atoms with Crippen molar-refractivity contribution in [3.05, 3.63) is 90.3 Å². The van der Waals surface area contributed by atoms with E-state index in [0.29, 0.717) is 13.1 Å². The molecule has 0 aliphatic heterocycles. The van der Waals surface area contributed by atoms with Crippen LogP contribution < -0.4 is 0 Å². The molecule has 1 fully saturated rings. The molecular weight excluding hydrogens is 482 g/mol. The second kappa shape index (κ2) is 12.6. The maximum absolute atomic E-state index is 13.9. The molecule has 6 nitrogen and oxygen atoms in total. The fourth-order valence-electron chi connectivity index (χ4n) is 5.15. The smallest absolute Gasteiger partial charge is 0.243 e. The Bertz CT molecular complexity index is 1230. The topological polar surface area (TPSA) is 62.6 Å².